The number of nitrogens with one attached hydrogen (secondary N) is 1. The van der Waals surface area contributed by atoms with Gasteiger partial charge < -0.3 is 10.2 Å². The van der Waals surface area contributed by atoms with Crippen LogP contribution in [0.4, 0.5) is 0 Å². The van der Waals surface area contributed by atoms with E-state index in [1.54, 1.807) is 0 Å². The number of piperidine rings is 1. The van der Waals surface area contributed by atoms with E-state index in [1.807, 2.05) is 18.5 Å². The molecule has 0 aliphatic carbocycles. The van der Waals surface area contributed by atoms with Crippen LogP contribution in [0.1, 0.15) is 25.3 Å². The second-order valence-electron chi connectivity index (χ2n) is 5.90. The molecule has 1 fully saturated rings. The summed E-state index contributed by atoms with van der Waals surface area (Å²) < 4.78 is 0. The Labute approximate surface area is 111 Å². The van der Waals surface area contributed by atoms with Gasteiger partial charge in [-0.3, -0.25) is 4.98 Å². The van der Waals surface area contributed by atoms with Crippen molar-refractivity contribution in [1.29, 1.82) is 0 Å². The Kier molecular flexibility index (Phi) is 4.72. The first-order valence-corrected chi connectivity index (χ1v) is 6.96. The van der Waals surface area contributed by atoms with Crippen LogP contribution in [0.15, 0.2) is 24.5 Å². The van der Waals surface area contributed by atoms with Crippen LogP contribution < -0.4 is 5.32 Å². The van der Waals surface area contributed by atoms with E-state index in [2.05, 4.69) is 35.2 Å². The summed E-state index contributed by atoms with van der Waals surface area (Å²) in [7, 11) is 2.22. The largest absolute Gasteiger partial charge is 0.316 e. The monoisotopic (exact) mass is 247 g/mol. The summed E-state index contributed by atoms with van der Waals surface area (Å²) >= 11 is 0. The molecule has 0 radical (unpaired) electrons. The summed E-state index contributed by atoms with van der Waals surface area (Å²) in [6.45, 7) is 7.08. The first-order valence-electron chi connectivity index (χ1n) is 6.96. The lowest BCUT2D eigenvalue weighted by atomic mass is 9.80. The molecule has 3 heteroatoms. The Balaban J connectivity index is 1.66. The minimum absolute atomic E-state index is 0.488. The fourth-order valence-corrected chi connectivity index (χ4v) is 2.50. The smallest absolute Gasteiger partial charge is 0.0300 e. The van der Waals surface area contributed by atoms with Crippen LogP contribution in [0.25, 0.3) is 0 Å². The van der Waals surface area contributed by atoms with Crippen molar-refractivity contribution in [3.8, 4) is 0 Å². The van der Waals surface area contributed by atoms with Crippen LogP contribution in [-0.2, 0) is 6.42 Å². The fourth-order valence-electron chi connectivity index (χ4n) is 2.50. The molecule has 0 unspecified atom stereocenters. The highest BCUT2D eigenvalue weighted by atomic mass is 15.1. The molecule has 100 valence electrons. The van der Waals surface area contributed by atoms with E-state index in [0.29, 0.717) is 5.41 Å². The number of rotatable bonds is 5. The van der Waals surface area contributed by atoms with Crippen molar-refractivity contribution in [2.75, 3.05) is 33.2 Å². The summed E-state index contributed by atoms with van der Waals surface area (Å²) in [5.41, 5.74) is 1.81. The van der Waals surface area contributed by atoms with Crippen LogP contribution in [0.3, 0.4) is 0 Å². The standard InChI is InChI=1S/C15H25N3/c1-15(6-10-18(2)11-7-15)13-17-9-5-14-4-3-8-16-12-14/h3-4,8,12,17H,5-7,9-11,13H2,1-2H3. The first-order chi connectivity index (χ1) is 8.68. The maximum atomic E-state index is 4.14. The number of likely N-dealkylation sites (tertiary alicyclic amines) is 1. The summed E-state index contributed by atoms with van der Waals surface area (Å²) in [6.07, 6.45) is 7.48. The highest BCUT2D eigenvalue weighted by molar-refractivity contribution is 5.08. The molecule has 0 spiro atoms. The molecule has 0 saturated carbocycles. The third-order valence-corrected chi connectivity index (χ3v) is 4.06. The highest BCUT2D eigenvalue weighted by Crippen LogP contribution is 2.29. The topological polar surface area (TPSA) is 28.2 Å². The Hall–Kier alpha value is -0.930. The van der Waals surface area contributed by atoms with Gasteiger partial charge in [-0.05, 0) is 63.0 Å². The maximum Gasteiger partial charge on any atom is 0.0300 e. The minimum atomic E-state index is 0.488. The molecule has 2 rings (SSSR count). The lowest BCUT2D eigenvalue weighted by Crippen LogP contribution is -2.42. The summed E-state index contributed by atoms with van der Waals surface area (Å²) in [4.78, 5) is 6.57. The average molecular weight is 247 g/mol. The van der Waals surface area contributed by atoms with Crippen LogP contribution in [-0.4, -0.2) is 43.1 Å². The second kappa shape index (κ2) is 6.30. The van der Waals surface area contributed by atoms with E-state index >= 15 is 0 Å². The van der Waals surface area contributed by atoms with E-state index in [-0.39, 0.29) is 0 Å². The van der Waals surface area contributed by atoms with Gasteiger partial charge in [-0.2, -0.15) is 0 Å². The van der Waals surface area contributed by atoms with Crippen molar-refractivity contribution in [1.82, 2.24) is 15.2 Å². The Morgan fingerprint density at radius 2 is 2.17 bits per heavy atom. The zero-order chi connectivity index (χ0) is 12.8. The van der Waals surface area contributed by atoms with Crippen LogP contribution in [0.2, 0.25) is 0 Å². The van der Waals surface area contributed by atoms with Crippen molar-refractivity contribution < 1.29 is 0 Å². The first kappa shape index (κ1) is 13.5. The SMILES string of the molecule is CN1CCC(C)(CNCCc2cccnc2)CC1. The highest BCUT2D eigenvalue weighted by Gasteiger charge is 2.27. The quantitative estimate of drug-likeness (QED) is 0.806. The number of hydrogen-bond acceptors (Lipinski definition) is 3. The molecule has 0 aromatic carbocycles. The molecule has 1 aromatic heterocycles. The maximum absolute atomic E-state index is 4.14. The molecule has 2 heterocycles. The van der Waals surface area contributed by atoms with Gasteiger partial charge in [-0.25, -0.2) is 0 Å². The minimum Gasteiger partial charge on any atom is -0.316 e. The predicted octanol–water partition coefficient (Wildman–Crippen LogP) is 1.95. The number of hydrogen-bond donors (Lipinski definition) is 1. The molecular formula is C15H25N3. The van der Waals surface area contributed by atoms with Gasteiger partial charge in [0.1, 0.15) is 0 Å². The molecule has 1 aliphatic heterocycles. The predicted molar refractivity (Wildman–Crippen MR) is 75.6 cm³/mol. The van der Waals surface area contributed by atoms with E-state index in [9.17, 15) is 0 Å². The molecule has 0 bridgehead atoms. The van der Waals surface area contributed by atoms with Gasteiger partial charge in [-0.1, -0.05) is 13.0 Å². The molecule has 0 amide bonds. The summed E-state index contributed by atoms with van der Waals surface area (Å²) in [5.74, 6) is 0. The van der Waals surface area contributed by atoms with Crippen molar-refractivity contribution >= 4 is 0 Å². The van der Waals surface area contributed by atoms with Gasteiger partial charge >= 0.3 is 0 Å². The van der Waals surface area contributed by atoms with Gasteiger partial charge in [0.25, 0.3) is 0 Å². The molecule has 1 saturated heterocycles. The average Bonchev–Trinajstić information content (AvgIpc) is 2.40. The second-order valence-corrected chi connectivity index (χ2v) is 5.90. The van der Waals surface area contributed by atoms with Crippen molar-refractivity contribution in [2.45, 2.75) is 26.2 Å². The van der Waals surface area contributed by atoms with Crippen LogP contribution in [0, 0.1) is 5.41 Å². The van der Waals surface area contributed by atoms with Gasteiger partial charge in [0.15, 0.2) is 0 Å². The molecule has 0 atom stereocenters. The van der Waals surface area contributed by atoms with Crippen molar-refractivity contribution in [3.05, 3.63) is 30.1 Å². The lowest BCUT2D eigenvalue weighted by Gasteiger charge is -2.38. The van der Waals surface area contributed by atoms with E-state index < -0.39 is 0 Å². The van der Waals surface area contributed by atoms with Gasteiger partial charge in [0.2, 0.25) is 0 Å². The van der Waals surface area contributed by atoms with Crippen molar-refractivity contribution in [2.24, 2.45) is 5.41 Å². The van der Waals surface area contributed by atoms with Crippen LogP contribution >= 0.6 is 0 Å². The van der Waals surface area contributed by atoms with Gasteiger partial charge in [-0.15, -0.1) is 0 Å². The van der Waals surface area contributed by atoms with Gasteiger partial charge in [0.05, 0.1) is 0 Å². The third kappa shape index (κ3) is 4.07. The summed E-state index contributed by atoms with van der Waals surface area (Å²) in [5, 5.41) is 3.61. The molecule has 1 aromatic rings. The lowest BCUT2D eigenvalue weighted by molar-refractivity contribution is 0.137. The normalized spacial score (nSPS) is 19.9. The number of pyridine rings is 1. The fraction of sp³-hybridized carbons (Fsp3) is 0.667. The molecule has 3 nitrogen and oxygen atoms in total. The van der Waals surface area contributed by atoms with E-state index in [0.717, 1.165) is 19.5 Å². The molecule has 18 heavy (non-hydrogen) atoms. The molecule has 1 aliphatic rings. The molecular weight excluding hydrogens is 222 g/mol. The third-order valence-electron chi connectivity index (χ3n) is 4.06. The number of nitrogens with zero attached hydrogens (tertiary/aromatic N) is 2. The Morgan fingerprint density at radius 3 is 2.83 bits per heavy atom. The van der Waals surface area contributed by atoms with E-state index in [4.69, 9.17) is 0 Å². The zero-order valence-corrected chi connectivity index (χ0v) is 11.7. The zero-order valence-electron chi connectivity index (χ0n) is 11.7. The number of aromatic nitrogens is 1. The van der Waals surface area contributed by atoms with Crippen LogP contribution in [0.5, 0.6) is 0 Å². The summed E-state index contributed by atoms with van der Waals surface area (Å²) in [6, 6.07) is 4.15. The Bertz CT molecular complexity index is 342. The van der Waals surface area contributed by atoms with E-state index in [1.165, 1.54) is 31.5 Å². The van der Waals surface area contributed by atoms with Gasteiger partial charge in [0, 0.05) is 18.9 Å². The van der Waals surface area contributed by atoms with Crippen molar-refractivity contribution in [3.63, 3.8) is 0 Å². The molecule has 1 N–H and O–H groups in total. The Morgan fingerprint density at radius 1 is 1.39 bits per heavy atom.